The molecule has 17 heavy (non-hydrogen) atoms. The minimum Gasteiger partial charge on any atom is -0.317 e. The molecule has 4 heteroatoms. The molecule has 0 saturated heterocycles. The zero-order valence-electron chi connectivity index (χ0n) is 10.1. The highest BCUT2D eigenvalue weighted by atomic mass is 32.2. The summed E-state index contributed by atoms with van der Waals surface area (Å²) in [5.74, 6) is -0.600. The molecule has 0 spiro atoms. The van der Waals surface area contributed by atoms with E-state index >= 15 is 0 Å². The third-order valence-electron chi connectivity index (χ3n) is 2.33. The maximum atomic E-state index is 12.9. The van der Waals surface area contributed by atoms with Crippen molar-refractivity contribution in [1.29, 1.82) is 0 Å². The van der Waals surface area contributed by atoms with Gasteiger partial charge in [-0.15, -0.1) is 11.8 Å². The molecule has 0 aromatic heterocycles. The van der Waals surface area contributed by atoms with E-state index in [-0.39, 0.29) is 0 Å². The van der Waals surface area contributed by atoms with Crippen molar-refractivity contribution < 1.29 is 8.78 Å². The third-order valence-corrected chi connectivity index (χ3v) is 3.41. The van der Waals surface area contributed by atoms with Crippen molar-refractivity contribution in [3.8, 4) is 0 Å². The molecule has 1 rings (SSSR count). The van der Waals surface area contributed by atoms with Gasteiger partial charge in [0, 0.05) is 4.90 Å². The minimum absolute atomic E-state index is 0.764. The molecule has 0 saturated carbocycles. The van der Waals surface area contributed by atoms with Crippen LogP contribution in [0.4, 0.5) is 8.78 Å². The Morgan fingerprint density at radius 1 is 1.12 bits per heavy atom. The molecule has 1 aromatic carbocycles. The lowest BCUT2D eigenvalue weighted by molar-refractivity contribution is 0.506. The van der Waals surface area contributed by atoms with E-state index in [1.54, 1.807) is 17.8 Å². The van der Waals surface area contributed by atoms with Crippen LogP contribution in [0.3, 0.4) is 0 Å². The number of halogens is 2. The summed E-state index contributed by atoms with van der Waals surface area (Å²) >= 11 is 1.57. The summed E-state index contributed by atoms with van der Waals surface area (Å²) in [6.07, 6.45) is 3.36. The largest absolute Gasteiger partial charge is 0.317 e. The number of hydrogen-bond acceptors (Lipinski definition) is 2. The molecule has 0 atom stereocenters. The highest BCUT2D eigenvalue weighted by Crippen LogP contribution is 2.21. The molecule has 1 N–H and O–H groups in total. The Hall–Kier alpha value is -0.610. The minimum atomic E-state index is -0.780. The van der Waals surface area contributed by atoms with Crippen molar-refractivity contribution in [3.63, 3.8) is 0 Å². The predicted octanol–water partition coefficient (Wildman–Crippen LogP) is 3.84. The smallest absolute Gasteiger partial charge is 0.159 e. The van der Waals surface area contributed by atoms with Crippen molar-refractivity contribution in [2.45, 2.75) is 31.1 Å². The molecule has 0 heterocycles. The first-order chi connectivity index (χ1) is 8.24. The van der Waals surface area contributed by atoms with Crippen LogP contribution in [0.15, 0.2) is 23.1 Å². The van der Waals surface area contributed by atoms with E-state index in [1.807, 2.05) is 0 Å². The summed E-state index contributed by atoms with van der Waals surface area (Å²) in [7, 11) is 0. The van der Waals surface area contributed by atoms with Gasteiger partial charge in [-0.3, -0.25) is 0 Å². The highest BCUT2D eigenvalue weighted by molar-refractivity contribution is 7.99. The number of thioether (sulfide) groups is 1. The van der Waals surface area contributed by atoms with Gasteiger partial charge in [0.25, 0.3) is 0 Å². The Morgan fingerprint density at radius 3 is 2.65 bits per heavy atom. The maximum Gasteiger partial charge on any atom is 0.159 e. The van der Waals surface area contributed by atoms with Gasteiger partial charge in [-0.05, 0) is 56.3 Å². The number of nitrogens with one attached hydrogen (secondary N) is 1. The first-order valence-corrected chi connectivity index (χ1v) is 7.01. The summed E-state index contributed by atoms with van der Waals surface area (Å²) in [4.78, 5) is 0.797. The number of benzene rings is 1. The van der Waals surface area contributed by atoms with Crippen molar-refractivity contribution in [1.82, 2.24) is 5.32 Å². The SMILES string of the molecule is CCCNCCCCSc1ccc(F)c(F)c1. The monoisotopic (exact) mass is 259 g/mol. The molecule has 0 aliphatic carbocycles. The zero-order chi connectivity index (χ0) is 12.5. The maximum absolute atomic E-state index is 12.9. The Kier molecular flexibility index (Phi) is 7.21. The molecule has 0 amide bonds. The third kappa shape index (κ3) is 6.03. The molecular weight excluding hydrogens is 240 g/mol. The molecule has 1 aromatic rings. The molecule has 0 unspecified atom stereocenters. The predicted molar refractivity (Wildman–Crippen MR) is 69.5 cm³/mol. The number of hydrogen-bond donors (Lipinski definition) is 1. The van der Waals surface area contributed by atoms with Gasteiger partial charge in [-0.2, -0.15) is 0 Å². The molecule has 96 valence electrons. The molecule has 0 fully saturated rings. The van der Waals surface area contributed by atoms with Crippen molar-refractivity contribution in [2.24, 2.45) is 0 Å². The Bertz CT molecular complexity index is 331. The lowest BCUT2D eigenvalue weighted by atomic mass is 10.3. The van der Waals surface area contributed by atoms with Crippen LogP contribution in [-0.2, 0) is 0 Å². The van der Waals surface area contributed by atoms with Crippen LogP contribution in [0.2, 0.25) is 0 Å². The number of unbranched alkanes of at least 4 members (excludes halogenated alkanes) is 1. The average Bonchev–Trinajstić information content (AvgIpc) is 2.32. The van der Waals surface area contributed by atoms with E-state index in [2.05, 4.69) is 12.2 Å². The quantitative estimate of drug-likeness (QED) is 0.562. The van der Waals surface area contributed by atoms with Gasteiger partial charge in [-0.1, -0.05) is 6.92 Å². The average molecular weight is 259 g/mol. The first-order valence-electron chi connectivity index (χ1n) is 6.02. The van der Waals surface area contributed by atoms with Gasteiger partial charge in [-0.25, -0.2) is 8.78 Å². The van der Waals surface area contributed by atoms with Crippen molar-refractivity contribution in [2.75, 3.05) is 18.8 Å². The zero-order valence-corrected chi connectivity index (χ0v) is 11.0. The fraction of sp³-hybridized carbons (Fsp3) is 0.538. The van der Waals surface area contributed by atoms with E-state index in [4.69, 9.17) is 0 Å². The lowest BCUT2D eigenvalue weighted by Crippen LogP contribution is -2.15. The summed E-state index contributed by atoms with van der Waals surface area (Å²) in [6, 6.07) is 4.06. The second kappa shape index (κ2) is 8.48. The summed E-state index contributed by atoms with van der Waals surface area (Å²) in [5.41, 5.74) is 0. The molecule has 0 aliphatic heterocycles. The topological polar surface area (TPSA) is 12.0 Å². The molecule has 0 bridgehead atoms. The Morgan fingerprint density at radius 2 is 1.94 bits per heavy atom. The molecular formula is C13H19F2NS. The van der Waals surface area contributed by atoms with E-state index in [0.29, 0.717) is 0 Å². The normalized spacial score (nSPS) is 10.8. The van der Waals surface area contributed by atoms with Gasteiger partial charge in [0.2, 0.25) is 0 Å². The molecule has 0 radical (unpaired) electrons. The van der Waals surface area contributed by atoms with Crippen LogP contribution in [-0.4, -0.2) is 18.8 Å². The summed E-state index contributed by atoms with van der Waals surface area (Å²) in [5, 5.41) is 3.33. The van der Waals surface area contributed by atoms with E-state index in [9.17, 15) is 8.78 Å². The number of rotatable bonds is 8. The van der Waals surface area contributed by atoms with Crippen LogP contribution >= 0.6 is 11.8 Å². The fourth-order valence-electron chi connectivity index (χ4n) is 1.41. The van der Waals surface area contributed by atoms with Gasteiger partial charge in [0.1, 0.15) is 0 Å². The summed E-state index contributed by atoms with van der Waals surface area (Å²) in [6.45, 7) is 4.24. The van der Waals surface area contributed by atoms with Crippen LogP contribution < -0.4 is 5.32 Å². The highest BCUT2D eigenvalue weighted by Gasteiger charge is 2.02. The molecule has 1 nitrogen and oxygen atoms in total. The lowest BCUT2D eigenvalue weighted by Gasteiger charge is -2.04. The second-order valence-corrected chi connectivity index (χ2v) is 5.05. The fourth-order valence-corrected chi connectivity index (χ4v) is 2.35. The van der Waals surface area contributed by atoms with Crippen LogP contribution in [0.25, 0.3) is 0 Å². The molecule has 0 aliphatic rings. The van der Waals surface area contributed by atoms with E-state index < -0.39 is 11.6 Å². The Labute approximate surface area is 106 Å². The van der Waals surface area contributed by atoms with Crippen LogP contribution in [0.5, 0.6) is 0 Å². The van der Waals surface area contributed by atoms with Crippen molar-refractivity contribution >= 4 is 11.8 Å². The van der Waals surface area contributed by atoms with Crippen molar-refractivity contribution in [3.05, 3.63) is 29.8 Å². The standard InChI is InChI=1S/C13H19F2NS/c1-2-7-16-8-3-4-9-17-11-5-6-12(14)13(15)10-11/h5-6,10,16H,2-4,7-9H2,1H3. The first kappa shape index (κ1) is 14.5. The van der Waals surface area contributed by atoms with Gasteiger partial charge < -0.3 is 5.32 Å². The summed E-state index contributed by atoms with van der Waals surface area (Å²) < 4.78 is 25.6. The van der Waals surface area contributed by atoms with Crippen LogP contribution in [0, 0.1) is 11.6 Å². The second-order valence-electron chi connectivity index (χ2n) is 3.88. The Balaban J connectivity index is 2.11. The van der Waals surface area contributed by atoms with Gasteiger partial charge in [0.15, 0.2) is 11.6 Å². The van der Waals surface area contributed by atoms with E-state index in [1.165, 1.54) is 12.1 Å². The van der Waals surface area contributed by atoms with Gasteiger partial charge >= 0.3 is 0 Å². The van der Waals surface area contributed by atoms with Gasteiger partial charge in [0.05, 0.1) is 0 Å². The van der Waals surface area contributed by atoms with E-state index in [0.717, 1.165) is 43.0 Å². The van der Waals surface area contributed by atoms with Crippen LogP contribution in [0.1, 0.15) is 26.2 Å².